The summed E-state index contributed by atoms with van der Waals surface area (Å²) in [7, 11) is 0. The highest BCUT2D eigenvalue weighted by Gasteiger charge is 2.13. The molecule has 0 fully saturated rings. The SMILES string of the molecule is N#Cc1ccnc(-c2ccc(-c3ccc4c(c3)c3ccccc3n4-c3ccccc3)cn2)c1. The molecule has 0 aliphatic rings. The molecule has 154 valence electrons. The number of pyridine rings is 2. The lowest BCUT2D eigenvalue weighted by Gasteiger charge is -2.08. The number of fused-ring (bicyclic) bond motifs is 3. The Kier molecular flexibility index (Phi) is 4.45. The van der Waals surface area contributed by atoms with E-state index in [0.717, 1.165) is 22.5 Å². The highest BCUT2D eigenvalue weighted by atomic mass is 15.0. The number of para-hydroxylation sites is 2. The molecule has 0 atom stereocenters. The molecule has 6 aromatic rings. The van der Waals surface area contributed by atoms with E-state index in [2.05, 4.69) is 93.4 Å². The van der Waals surface area contributed by atoms with Crippen LogP contribution in [0.3, 0.4) is 0 Å². The summed E-state index contributed by atoms with van der Waals surface area (Å²) in [5, 5.41) is 11.6. The summed E-state index contributed by atoms with van der Waals surface area (Å²) in [6, 6.07) is 35.1. The molecule has 6 rings (SSSR count). The number of hydrogen-bond donors (Lipinski definition) is 0. The van der Waals surface area contributed by atoms with Gasteiger partial charge in [-0.25, -0.2) is 0 Å². The summed E-state index contributed by atoms with van der Waals surface area (Å²) >= 11 is 0. The lowest BCUT2D eigenvalue weighted by Crippen LogP contribution is -1.93. The Morgan fingerprint density at radius 1 is 0.636 bits per heavy atom. The van der Waals surface area contributed by atoms with Crippen LogP contribution in [-0.4, -0.2) is 14.5 Å². The van der Waals surface area contributed by atoms with E-state index < -0.39 is 0 Å². The number of nitriles is 1. The number of hydrogen-bond acceptors (Lipinski definition) is 3. The van der Waals surface area contributed by atoms with Crippen LogP contribution in [0, 0.1) is 11.3 Å². The zero-order chi connectivity index (χ0) is 22.2. The minimum atomic E-state index is 0.575. The summed E-state index contributed by atoms with van der Waals surface area (Å²) in [4.78, 5) is 8.97. The van der Waals surface area contributed by atoms with Crippen LogP contribution in [0.2, 0.25) is 0 Å². The molecule has 0 amide bonds. The second-order valence-corrected chi connectivity index (χ2v) is 7.89. The second kappa shape index (κ2) is 7.74. The van der Waals surface area contributed by atoms with Gasteiger partial charge in [0.25, 0.3) is 0 Å². The van der Waals surface area contributed by atoms with Gasteiger partial charge in [0.1, 0.15) is 0 Å². The van der Waals surface area contributed by atoms with Crippen LogP contribution < -0.4 is 0 Å². The fourth-order valence-corrected chi connectivity index (χ4v) is 4.36. The van der Waals surface area contributed by atoms with Gasteiger partial charge in [0.05, 0.1) is 34.1 Å². The third-order valence-electron chi connectivity index (χ3n) is 5.94. The number of rotatable bonds is 3. The Morgan fingerprint density at radius 2 is 1.42 bits per heavy atom. The Morgan fingerprint density at radius 3 is 2.24 bits per heavy atom. The molecule has 4 nitrogen and oxygen atoms in total. The first kappa shape index (κ1) is 19.0. The zero-order valence-corrected chi connectivity index (χ0v) is 17.7. The highest BCUT2D eigenvalue weighted by Crippen LogP contribution is 2.34. The summed E-state index contributed by atoms with van der Waals surface area (Å²) in [6.45, 7) is 0. The van der Waals surface area contributed by atoms with Crippen molar-refractivity contribution in [2.45, 2.75) is 0 Å². The van der Waals surface area contributed by atoms with Gasteiger partial charge in [-0.15, -0.1) is 0 Å². The lowest BCUT2D eigenvalue weighted by molar-refractivity contribution is 1.18. The van der Waals surface area contributed by atoms with Gasteiger partial charge in [0.2, 0.25) is 0 Å². The second-order valence-electron chi connectivity index (χ2n) is 7.89. The molecule has 0 radical (unpaired) electrons. The average molecular weight is 422 g/mol. The molecule has 0 aliphatic heterocycles. The van der Waals surface area contributed by atoms with Crippen LogP contribution in [0.5, 0.6) is 0 Å². The summed E-state index contributed by atoms with van der Waals surface area (Å²) < 4.78 is 2.31. The van der Waals surface area contributed by atoms with Crippen LogP contribution in [0.25, 0.3) is 50.0 Å². The van der Waals surface area contributed by atoms with Crippen LogP contribution in [0.4, 0.5) is 0 Å². The average Bonchev–Trinajstić information content (AvgIpc) is 3.23. The van der Waals surface area contributed by atoms with Crippen molar-refractivity contribution in [3.63, 3.8) is 0 Å². The van der Waals surface area contributed by atoms with Gasteiger partial charge in [0, 0.05) is 34.4 Å². The first-order valence-corrected chi connectivity index (χ1v) is 10.7. The standard InChI is InChI=1S/C29H18N4/c30-18-20-14-15-31-27(16-20)26-12-10-22(19-32-26)21-11-13-29-25(17-21)24-8-4-5-9-28(24)33(29)23-6-2-1-3-7-23/h1-17,19H. The topological polar surface area (TPSA) is 54.5 Å². The van der Waals surface area contributed by atoms with Crippen LogP contribution in [0.15, 0.2) is 109 Å². The quantitative estimate of drug-likeness (QED) is 0.316. The van der Waals surface area contributed by atoms with Crippen molar-refractivity contribution in [2.24, 2.45) is 0 Å². The molecule has 0 aliphatic carbocycles. The van der Waals surface area contributed by atoms with Crippen molar-refractivity contribution in [3.8, 4) is 34.3 Å². The minimum Gasteiger partial charge on any atom is -0.309 e. The normalized spacial score (nSPS) is 11.0. The molecule has 0 bridgehead atoms. The summed E-state index contributed by atoms with van der Waals surface area (Å²) in [5.74, 6) is 0. The third kappa shape index (κ3) is 3.24. The van der Waals surface area contributed by atoms with Gasteiger partial charge < -0.3 is 4.57 Å². The molecule has 3 aromatic carbocycles. The van der Waals surface area contributed by atoms with Gasteiger partial charge >= 0.3 is 0 Å². The van der Waals surface area contributed by atoms with E-state index in [1.807, 2.05) is 18.3 Å². The molecule has 3 aromatic heterocycles. The molecule has 3 heterocycles. The molecule has 0 N–H and O–H groups in total. The van der Waals surface area contributed by atoms with Crippen LogP contribution in [0.1, 0.15) is 5.56 Å². The predicted molar refractivity (Wildman–Crippen MR) is 132 cm³/mol. The summed E-state index contributed by atoms with van der Waals surface area (Å²) in [6.07, 6.45) is 3.51. The maximum atomic E-state index is 9.14. The first-order valence-electron chi connectivity index (χ1n) is 10.7. The molecule has 33 heavy (non-hydrogen) atoms. The van der Waals surface area contributed by atoms with Crippen LogP contribution >= 0.6 is 0 Å². The fraction of sp³-hybridized carbons (Fsp3) is 0. The summed E-state index contributed by atoms with van der Waals surface area (Å²) in [5.41, 5.74) is 7.67. The maximum Gasteiger partial charge on any atom is 0.0992 e. The number of aromatic nitrogens is 3. The fourth-order valence-electron chi connectivity index (χ4n) is 4.36. The van der Waals surface area contributed by atoms with E-state index in [1.165, 1.54) is 21.8 Å². The van der Waals surface area contributed by atoms with Crippen molar-refractivity contribution < 1.29 is 0 Å². The Hall–Kier alpha value is -4.75. The molecular formula is C29H18N4. The molecule has 0 saturated carbocycles. The van der Waals surface area contributed by atoms with Crippen molar-refractivity contribution in [1.82, 2.24) is 14.5 Å². The number of nitrogens with zero attached hydrogens (tertiary/aromatic N) is 4. The lowest BCUT2D eigenvalue weighted by atomic mass is 10.0. The molecular weight excluding hydrogens is 404 g/mol. The first-order chi connectivity index (χ1) is 16.3. The van der Waals surface area contributed by atoms with E-state index in [-0.39, 0.29) is 0 Å². The van der Waals surface area contributed by atoms with E-state index in [4.69, 9.17) is 5.26 Å². The number of benzene rings is 3. The monoisotopic (exact) mass is 422 g/mol. The maximum absolute atomic E-state index is 9.14. The van der Waals surface area contributed by atoms with E-state index in [0.29, 0.717) is 11.3 Å². The predicted octanol–water partition coefficient (Wildman–Crippen LogP) is 6.78. The zero-order valence-electron chi connectivity index (χ0n) is 17.7. The highest BCUT2D eigenvalue weighted by molar-refractivity contribution is 6.10. The third-order valence-corrected chi connectivity index (χ3v) is 5.94. The van der Waals surface area contributed by atoms with Crippen LogP contribution in [-0.2, 0) is 0 Å². The van der Waals surface area contributed by atoms with Crippen molar-refractivity contribution >= 4 is 21.8 Å². The van der Waals surface area contributed by atoms with Crippen molar-refractivity contribution in [1.29, 1.82) is 5.26 Å². The Bertz CT molecular complexity index is 1660. The molecule has 4 heteroatoms. The van der Waals surface area contributed by atoms with Gasteiger partial charge in [0.15, 0.2) is 0 Å². The Balaban J connectivity index is 1.47. The minimum absolute atomic E-state index is 0.575. The molecule has 0 unspecified atom stereocenters. The van der Waals surface area contributed by atoms with Crippen molar-refractivity contribution in [2.75, 3.05) is 0 Å². The van der Waals surface area contributed by atoms with E-state index in [1.54, 1.807) is 18.3 Å². The van der Waals surface area contributed by atoms with Gasteiger partial charge in [-0.1, -0.05) is 48.5 Å². The van der Waals surface area contributed by atoms with Gasteiger partial charge in [-0.2, -0.15) is 5.26 Å². The van der Waals surface area contributed by atoms with Gasteiger partial charge in [-0.3, -0.25) is 9.97 Å². The Labute approximate surface area is 191 Å². The largest absolute Gasteiger partial charge is 0.309 e. The molecule has 0 spiro atoms. The van der Waals surface area contributed by atoms with Crippen molar-refractivity contribution in [3.05, 3.63) is 115 Å². The molecule has 0 saturated heterocycles. The smallest absolute Gasteiger partial charge is 0.0992 e. The van der Waals surface area contributed by atoms with E-state index >= 15 is 0 Å². The van der Waals surface area contributed by atoms with Gasteiger partial charge in [-0.05, 0) is 54.1 Å². The van der Waals surface area contributed by atoms with E-state index in [9.17, 15) is 0 Å².